The van der Waals surface area contributed by atoms with Gasteiger partial charge in [0.05, 0.1) is 0 Å². The van der Waals surface area contributed by atoms with E-state index in [2.05, 4.69) is 5.10 Å². The Bertz CT molecular complexity index is 251. The van der Waals surface area contributed by atoms with Crippen LogP contribution in [0.25, 0.3) is 0 Å². The number of aromatic nitrogens is 2. The molecule has 6 heteroatoms. The number of carboxylic acids is 1. The lowest BCUT2D eigenvalue weighted by Gasteiger charge is -1.85. The van der Waals surface area contributed by atoms with Gasteiger partial charge in [-0.15, -0.1) is 0 Å². The van der Waals surface area contributed by atoms with E-state index in [1.165, 1.54) is 12.4 Å². The molecule has 1 rings (SSSR count). The van der Waals surface area contributed by atoms with Crippen LogP contribution in [-0.4, -0.2) is 32.1 Å². The van der Waals surface area contributed by atoms with Gasteiger partial charge in [0.25, 0.3) is 5.97 Å². The van der Waals surface area contributed by atoms with Gasteiger partial charge in [-0.25, -0.2) is 4.79 Å². The van der Waals surface area contributed by atoms with E-state index in [1.807, 2.05) is 0 Å². The standard InChI is InChI=1S/C4H4N2O2.C2H4O2/c7-4(8)6-3-1-2-5-6;1-2(3)4/h1-3H,(H,7,8);1H3,(H,3,4). The third-order valence-corrected chi connectivity index (χ3v) is 0.700. The largest absolute Gasteiger partial charge is 0.481 e. The van der Waals surface area contributed by atoms with Crippen LogP contribution in [-0.2, 0) is 4.79 Å². The van der Waals surface area contributed by atoms with E-state index >= 15 is 0 Å². The van der Waals surface area contributed by atoms with Crippen LogP contribution in [0.2, 0.25) is 0 Å². The summed E-state index contributed by atoms with van der Waals surface area (Å²) in [6.45, 7) is 1.08. The third kappa shape index (κ3) is 4.98. The van der Waals surface area contributed by atoms with E-state index in [1.54, 1.807) is 6.07 Å². The van der Waals surface area contributed by atoms with Crippen LogP contribution in [0.4, 0.5) is 4.79 Å². The molecule has 0 saturated heterocycles. The summed E-state index contributed by atoms with van der Waals surface area (Å²) in [6, 6.07) is 1.55. The first-order chi connectivity index (χ1) is 5.54. The molecule has 0 spiro atoms. The van der Waals surface area contributed by atoms with Crippen molar-refractivity contribution in [1.82, 2.24) is 9.78 Å². The van der Waals surface area contributed by atoms with Crippen molar-refractivity contribution in [3.8, 4) is 0 Å². The van der Waals surface area contributed by atoms with Crippen LogP contribution in [0.3, 0.4) is 0 Å². The minimum Gasteiger partial charge on any atom is -0.481 e. The van der Waals surface area contributed by atoms with Crippen molar-refractivity contribution in [2.24, 2.45) is 0 Å². The molecule has 1 heterocycles. The lowest BCUT2D eigenvalue weighted by molar-refractivity contribution is -0.134. The summed E-state index contributed by atoms with van der Waals surface area (Å²) in [5.41, 5.74) is 0. The first-order valence-electron chi connectivity index (χ1n) is 2.96. The zero-order valence-corrected chi connectivity index (χ0v) is 6.34. The first-order valence-corrected chi connectivity index (χ1v) is 2.96. The number of rotatable bonds is 0. The molecule has 0 aliphatic carbocycles. The Kier molecular flexibility index (Phi) is 4.13. The van der Waals surface area contributed by atoms with Gasteiger partial charge in [-0.1, -0.05) is 0 Å². The van der Waals surface area contributed by atoms with Gasteiger partial charge in [-0.05, 0) is 6.07 Å². The summed E-state index contributed by atoms with van der Waals surface area (Å²) in [6.07, 6.45) is 1.71. The Morgan fingerprint density at radius 3 is 2.08 bits per heavy atom. The van der Waals surface area contributed by atoms with Crippen LogP contribution in [0.15, 0.2) is 18.5 Å². The molecule has 0 radical (unpaired) electrons. The SMILES string of the molecule is CC(=O)O.O=C(O)n1cccn1. The normalized spacial score (nSPS) is 8.08. The second-order valence-corrected chi connectivity index (χ2v) is 1.75. The Hall–Kier alpha value is -1.85. The third-order valence-electron chi connectivity index (χ3n) is 0.700. The van der Waals surface area contributed by atoms with E-state index in [9.17, 15) is 4.79 Å². The number of carboxylic acid groups (broad SMARTS) is 2. The molecule has 0 unspecified atom stereocenters. The molecule has 0 amide bonds. The predicted octanol–water partition coefficient (Wildman–Crippen LogP) is 0.500. The molecule has 0 saturated carbocycles. The molecule has 0 aliphatic heterocycles. The quantitative estimate of drug-likeness (QED) is 0.594. The van der Waals surface area contributed by atoms with Crippen molar-refractivity contribution >= 4 is 12.1 Å². The second-order valence-electron chi connectivity index (χ2n) is 1.75. The second kappa shape index (κ2) is 4.89. The predicted molar refractivity (Wildman–Crippen MR) is 39.0 cm³/mol. The zero-order valence-electron chi connectivity index (χ0n) is 6.34. The molecule has 2 N–H and O–H groups in total. The number of aliphatic carboxylic acids is 1. The summed E-state index contributed by atoms with van der Waals surface area (Å²) in [7, 11) is 0. The van der Waals surface area contributed by atoms with Crippen LogP contribution in [0.1, 0.15) is 6.92 Å². The monoisotopic (exact) mass is 172 g/mol. The molecular weight excluding hydrogens is 164 g/mol. The van der Waals surface area contributed by atoms with Crippen molar-refractivity contribution < 1.29 is 19.8 Å². The maximum atomic E-state index is 9.96. The van der Waals surface area contributed by atoms with Gasteiger partial charge < -0.3 is 10.2 Å². The van der Waals surface area contributed by atoms with Crippen LogP contribution < -0.4 is 0 Å². The fourth-order valence-corrected chi connectivity index (χ4v) is 0.382. The number of carbonyl (C=O) groups is 2. The highest BCUT2D eigenvalue weighted by Crippen LogP contribution is 1.80. The minimum absolute atomic E-state index is 0.833. The smallest absolute Gasteiger partial charge is 0.432 e. The number of nitrogens with zero attached hydrogens (tertiary/aromatic N) is 2. The Labute approximate surface area is 68.1 Å². The average molecular weight is 172 g/mol. The molecule has 0 atom stereocenters. The number of hydrogen-bond acceptors (Lipinski definition) is 3. The molecule has 0 fully saturated rings. The highest BCUT2D eigenvalue weighted by atomic mass is 16.4. The lowest BCUT2D eigenvalue weighted by Crippen LogP contribution is -2.07. The average Bonchev–Trinajstić information content (AvgIpc) is 2.34. The maximum Gasteiger partial charge on any atom is 0.432 e. The van der Waals surface area contributed by atoms with Crippen molar-refractivity contribution in [2.75, 3.05) is 0 Å². The highest BCUT2D eigenvalue weighted by molar-refractivity contribution is 5.66. The molecule has 6 nitrogen and oxygen atoms in total. The van der Waals surface area contributed by atoms with E-state index in [0.717, 1.165) is 11.6 Å². The topological polar surface area (TPSA) is 92.4 Å². The van der Waals surface area contributed by atoms with Gasteiger partial charge in [-0.3, -0.25) is 4.79 Å². The van der Waals surface area contributed by atoms with Crippen LogP contribution in [0.5, 0.6) is 0 Å². The minimum atomic E-state index is -1.06. The molecule has 0 aromatic carbocycles. The summed E-state index contributed by atoms with van der Waals surface area (Å²) in [5, 5.41) is 19.0. The van der Waals surface area contributed by atoms with Crippen LogP contribution in [0, 0.1) is 0 Å². The fraction of sp³-hybridized carbons (Fsp3) is 0.167. The van der Waals surface area contributed by atoms with E-state index in [0.29, 0.717) is 0 Å². The molecule has 0 bridgehead atoms. The first kappa shape index (κ1) is 10.2. The maximum absolute atomic E-state index is 9.96. The molecule has 1 aromatic heterocycles. The van der Waals surface area contributed by atoms with Crippen molar-refractivity contribution in [3.63, 3.8) is 0 Å². The van der Waals surface area contributed by atoms with E-state index in [4.69, 9.17) is 15.0 Å². The van der Waals surface area contributed by atoms with Gasteiger partial charge >= 0.3 is 6.09 Å². The summed E-state index contributed by atoms with van der Waals surface area (Å²) >= 11 is 0. The van der Waals surface area contributed by atoms with Gasteiger partial charge in [0.2, 0.25) is 0 Å². The molecule has 12 heavy (non-hydrogen) atoms. The zero-order chi connectivity index (χ0) is 9.56. The van der Waals surface area contributed by atoms with Crippen molar-refractivity contribution in [3.05, 3.63) is 18.5 Å². The summed E-state index contributed by atoms with van der Waals surface area (Å²) in [4.78, 5) is 19.0. The van der Waals surface area contributed by atoms with Gasteiger partial charge in [0.15, 0.2) is 0 Å². The van der Waals surface area contributed by atoms with Crippen LogP contribution >= 0.6 is 0 Å². The van der Waals surface area contributed by atoms with Crippen molar-refractivity contribution in [1.29, 1.82) is 0 Å². The van der Waals surface area contributed by atoms with Crippen molar-refractivity contribution in [2.45, 2.75) is 6.92 Å². The molecule has 1 aromatic rings. The lowest BCUT2D eigenvalue weighted by atomic mass is 10.8. The number of hydrogen-bond donors (Lipinski definition) is 2. The Morgan fingerprint density at radius 1 is 1.42 bits per heavy atom. The van der Waals surface area contributed by atoms with Gasteiger partial charge in [-0.2, -0.15) is 9.78 Å². The van der Waals surface area contributed by atoms with E-state index in [-0.39, 0.29) is 0 Å². The molecule has 0 aliphatic rings. The summed E-state index contributed by atoms with van der Waals surface area (Å²) in [5.74, 6) is -0.833. The Morgan fingerprint density at radius 2 is 1.92 bits per heavy atom. The highest BCUT2D eigenvalue weighted by Gasteiger charge is 1.94. The fourth-order valence-electron chi connectivity index (χ4n) is 0.382. The summed E-state index contributed by atoms with van der Waals surface area (Å²) < 4.78 is 0.833. The van der Waals surface area contributed by atoms with Gasteiger partial charge in [0.1, 0.15) is 0 Å². The van der Waals surface area contributed by atoms with E-state index < -0.39 is 12.1 Å². The Balaban J connectivity index is 0.000000261. The van der Waals surface area contributed by atoms with Gasteiger partial charge in [0, 0.05) is 19.3 Å². The molecular formula is C6H8N2O4. The molecule has 66 valence electrons.